The second-order valence-corrected chi connectivity index (χ2v) is 8.91. The summed E-state index contributed by atoms with van der Waals surface area (Å²) in [4.78, 5) is 18.3. The molecule has 1 fully saturated rings. The lowest BCUT2D eigenvalue weighted by atomic mass is 10.1. The highest BCUT2D eigenvalue weighted by atomic mass is 35.5. The number of amides is 1. The van der Waals surface area contributed by atoms with E-state index < -0.39 is 10.0 Å². The number of carbonyl (C=O) groups excluding carboxylic acids is 1. The molecule has 1 aliphatic rings. The molecule has 0 bridgehead atoms. The summed E-state index contributed by atoms with van der Waals surface area (Å²) in [5.41, 5.74) is 0.465. The number of piperidine rings is 1. The van der Waals surface area contributed by atoms with Gasteiger partial charge in [0, 0.05) is 29.6 Å². The Bertz CT molecular complexity index is 908. The minimum atomic E-state index is -3.82. The van der Waals surface area contributed by atoms with Gasteiger partial charge in [-0.2, -0.15) is 4.37 Å². The number of nitrogens with zero attached hydrogens (tertiary/aromatic N) is 3. The number of rotatable bonds is 5. The Morgan fingerprint density at radius 1 is 1.31 bits per heavy atom. The number of sulfonamides is 1. The molecule has 7 nitrogen and oxygen atoms in total. The molecular weight excluding hydrogens is 396 g/mol. The van der Waals surface area contributed by atoms with Crippen molar-refractivity contribution in [3.8, 4) is 0 Å². The molecular formula is C16H19ClN4O3S2. The maximum atomic E-state index is 12.5. The normalized spacial score (nSPS) is 15.1. The number of nitrogens with one attached hydrogen (secondary N) is 1. The predicted octanol–water partition coefficient (Wildman–Crippen LogP) is 2.86. The van der Waals surface area contributed by atoms with Gasteiger partial charge in [0.25, 0.3) is 10.0 Å². The summed E-state index contributed by atoms with van der Waals surface area (Å²) in [7, 11) is -3.82. The third-order valence-electron chi connectivity index (χ3n) is 4.22. The van der Waals surface area contributed by atoms with Gasteiger partial charge in [-0.3, -0.25) is 9.52 Å². The van der Waals surface area contributed by atoms with E-state index in [-0.39, 0.29) is 22.4 Å². The lowest BCUT2D eigenvalue weighted by Gasteiger charge is -2.26. The molecule has 0 spiro atoms. The third kappa shape index (κ3) is 4.33. The van der Waals surface area contributed by atoms with Crippen LogP contribution in [-0.4, -0.2) is 41.7 Å². The van der Waals surface area contributed by atoms with Crippen molar-refractivity contribution in [3.05, 3.63) is 34.6 Å². The number of likely N-dealkylation sites (tertiary alicyclic amines) is 1. The molecule has 0 aliphatic carbocycles. The summed E-state index contributed by atoms with van der Waals surface area (Å²) in [5.74, 6) is 0.300. The van der Waals surface area contributed by atoms with Gasteiger partial charge in [-0.25, -0.2) is 13.4 Å². The number of aromatic nitrogens is 2. The summed E-state index contributed by atoms with van der Waals surface area (Å²) < 4.78 is 31.6. The highest BCUT2D eigenvalue weighted by Gasteiger charge is 2.22. The van der Waals surface area contributed by atoms with E-state index in [1.807, 2.05) is 4.90 Å². The Balaban J connectivity index is 1.69. The predicted molar refractivity (Wildman–Crippen MR) is 101 cm³/mol. The minimum Gasteiger partial charge on any atom is -0.342 e. The third-order valence-corrected chi connectivity index (χ3v) is 6.91. The SMILES string of the molecule is Cc1c(Cl)cccc1S(=O)(=O)Nc1nc(CC(=O)N2CCCCC2)ns1. The van der Waals surface area contributed by atoms with E-state index in [4.69, 9.17) is 11.6 Å². The molecule has 1 saturated heterocycles. The topological polar surface area (TPSA) is 92.3 Å². The first-order chi connectivity index (χ1) is 12.4. The second kappa shape index (κ2) is 7.89. The van der Waals surface area contributed by atoms with Crippen molar-refractivity contribution in [1.29, 1.82) is 0 Å². The van der Waals surface area contributed by atoms with Crippen LogP contribution >= 0.6 is 23.1 Å². The summed E-state index contributed by atoms with van der Waals surface area (Å²) in [5, 5.41) is 0.503. The summed E-state index contributed by atoms with van der Waals surface area (Å²) in [6.45, 7) is 3.16. The molecule has 1 N–H and O–H groups in total. The largest absolute Gasteiger partial charge is 0.342 e. The molecule has 1 aliphatic heterocycles. The zero-order chi connectivity index (χ0) is 18.7. The molecule has 0 saturated carbocycles. The number of hydrogen-bond acceptors (Lipinski definition) is 6. The lowest BCUT2D eigenvalue weighted by Crippen LogP contribution is -2.36. The quantitative estimate of drug-likeness (QED) is 0.812. The van der Waals surface area contributed by atoms with E-state index in [0.29, 0.717) is 16.4 Å². The Morgan fingerprint density at radius 3 is 2.77 bits per heavy atom. The molecule has 1 aromatic heterocycles. The van der Waals surface area contributed by atoms with Crippen molar-refractivity contribution < 1.29 is 13.2 Å². The number of benzene rings is 1. The molecule has 1 aromatic carbocycles. The Morgan fingerprint density at radius 2 is 2.04 bits per heavy atom. The molecule has 10 heteroatoms. The maximum Gasteiger partial charge on any atom is 0.264 e. The van der Waals surface area contributed by atoms with Crippen molar-refractivity contribution in [2.24, 2.45) is 0 Å². The average molecular weight is 415 g/mol. The molecule has 0 atom stereocenters. The molecule has 2 heterocycles. The first-order valence-corrected chi connectivity index (χ1v) is 10.9. The van der Waals surface area contributed by atoms with Crippen molar-refractivity contribution in [2.45, 2.75) is 37.5 Å². The Hall–Kier alpha value is -1.71. The Kier molecular flexibility index (Phi) is 5.79. The molecule has 3 rings (SSSR count). The van der Waals surface area contributed by atoms with Gasteiger partial charge in [0.2, 0.25) is 11.0 Å². The van der Waals surface area contributed by atoms with Crippen LogP contribution < -0.4 is 4.72 Å². The van der Waals surface area contributed by atoms with Crippen LogP contribution in [0.5, 0.6) is 0 Å². The van der Waals surface area contributed by atoms with Crippen LogP contribution in [0.3, 0.4) is 0 Å². The van der Waals surface area contributed by atoms with E-state index in [9.17, 15) is 13.2 Å². The van der Waals surface area contributed by atoms with E-state index in [0.717, 1.165) is 43.9 Å². The van der Waals surface area contributed by atoms with Crippen LogP contribution in [-0.2, 0) is 21.2 Å². The standard InChI is InChI=1S/C16H19ClN4O3S2/c1-11-12(17)6-5-7-13(11)26(23,24)20-16-18-14(19-25-16)10-15(22)21-8-3-2-4-9-21/h5-7H,2-4,8-10H2,1H3,(H,18,19,20). The summed E-state index contributed by atoms with van der Waals surface area (Å²) in [6, 6.07) is 4.68. The van der Waals surface area contributed by atoms with E-state index in [1.54, 1.807) is 19.1 Å². The van der Waals surface area contributed by atoms with Crippen molar-refractivity contribution in [2.75, 3.05) is 17.8 Å². The van der Waals surface area contributed by atoms with E-state index in [1.165, 1.54) is 6.07 Å². The zero-order valence-electron chi connectivity index (χ0n) is 14.2. The fourth-order valence-corrected chi connectivity index (χ4v) is 5.11. The number of carbonyl (C=O) groups is 1. The number of anilines is 1. The summed E-state index contributed by atoms with van der Waals surface area (Å²) in [6.07, 6.45) is 3.25. The monoisotopic (exact) mass is 414 g/mol. The van der Waals surface area contributed by atoms with Crippen LogP contribution in [0.4, 0.5) is 5.13 Å². The number of halogens is 1. The van der Waals surface area contributed by atoms with E-state index in [2.05, 4.69) is 14.1 Å². The van der Waals surface area contributed by atoms with Crippen LogP contribution in [0, 0.1) is 6.92 Å². The van der Waals surface area contributed by atoms with Crippen LogP contribution in [0.2, 0.25) is 5.02 Å². The van der Waals surface area contributed by atoms with Crippen LogP contribution in [0.15, 0.2) is 23.1 Å². The smallest absolute Gasteiger partial charge is 0.264 e. The maximum absolute atomic E-state index is 12.5. The van der Waals surface area contributed by atoms with Gasteiger partial charge in [0.15, 0.2) is 5.82 Å². The minimum absolute atomic E-state index is 0.0254. The van der Waals surface area contributed by atoms with Gasteiger partial charge in [0.1, 0.15) is 0 Å². The molecule has 26 heavy (non-hydrogen) atoms. The summed E-state index contributed by atoms with van der Waals surface area (Å²) >= 11 is 6.91. The van der Waals surface area contributed by atoms with Crippen molar-refractivity contribution in [3.63, 3.8) is 0 Å². The first kappa shape index (κ1) is 19.1. The fourth-order valence-electron chi connectivity index (χ4n) is 2.81. The van der Waals surface area contributed by atoms with Gasteiger partial charge in [-0.05, 0) is 43.9 Å². The average Bonchev–Trinajstić information content (AvgIpc) is 3.04. The van der Waals surface area contributed by atoms with Crippen LogP contribution in [0.1, 0.15) is 30.7 Å². The highest BCUT2D eigenvalue weighted by molar-refractivity contribution is 7.93. The van der Waals surface area contributed by atoms with Gasteiger partial charge >= 0.3 is 0 Å². The van der Waals surface area contributed by atoms with Crippen LogP contribution in [0.25, 0.3) is 0 Å². The molecule has 1 amide bonds. The van der Waals surface area contributed by atoms with Gasteiger partial charge in [-0.1, -0.05) is 17.7 Å². The lowest BCUT2D eigenvalue weighted by molar-refractivity contribution is -0.131. The first-order valence-electron chi connectivity index (χ1n) is 8.25. The van der Waals surface area contributed by atoms with Gasteiger partial charge in [-0.15, -0.1) is 0 Å². The highest BCUT2D eigenvalue weighted by Crippen LogP contribution is 2.25. The van der Waals surface area contributed by atoms with Gasteiger partial charge < -0.3 is 4.90 Å². The Labute approximate surface area is 161 Å². The van der Waals surface area contributed by atoms with Crippen molar-refractivity contribution in [1.82, 2.24) is 14.3 Å². The van der Waals surface area contributed by atoms with Crippen molar-refractivity contribution >= 4 is 44.2 Å². The number of hydrogen-bond donors (Lipinski definition) is 1. The molecule has 140 valence electrons. The molecule has 2 aromatic rings. The van der Waals surface area contributed by atoms with E-state index >= 15 is 0 Å². The second-order valence-electron chi connectivity index (χ2n) is 6.10. The molecule has 0 unspecified atom stereocenters. The van der Waals surface area contributed by atoms with Gasteiger partial charge in [0.05, 0.1) is 11.3 Å². The fraction of sp³-hybridized carbons (Fsp3) is 0.438. The zero-order valence-corrected chi connectivity index (χ0v) is 16.6. The molecule has 0 radical (unpaired) electrons.